The highest BCUT2D eigenvalue weighted by Gasteiger charge is 2.12. The van der Waals surface area contributed by atoms with Crippen molar-refractivity contribution in [1.82, 2.24) is 9.55 Å². The van der Waals surface area contributed by atoms with E-state index < -0.39 is 0 Å². The van der Waals surface area contributed by atoms with Crippen LogP contribution in [0.5, 0.6) is 11.5 Å². The molecule has 0 amide bonds. The highest BCUT2D eigenvalue weighted by molar-refractivity contribution is 5.75. The molecule has 0 saturated carbocycles. The molecule has 0 aliphatic rings. The zero-order valence-corrected chi connectivity index (χ0v) is 18.8. The molecule has 0 atom stereocenters. The maximum atomic E-state index is 6.08. The van der Waals surface area contributed by atoms with Gasteiger partial charge in [-0.05, 0) is 61.2 Å². The topological polar surface area (TPSA) is 36.3 Å². The average Bonchev–Trinajstić information content (AvgIpc) is 3.11. The molecule has 0 bridgehead atoms. The first-order chi connectivity index (χ1) is 15.0. The fourth-order valence-electron chi connectivity index (χ4n) is 3.79. The van der Waals surface area contributed by atoms with Gasteiger partial charge in [0.15, 0.2) is 0 Å². The molecule has 0 radical (unpaired) electrons. The number of imidazole rings is 1. The Kier molecular flexibility index (Phi) is 6.26. The third-order valence-electron chi connectivity index (χ3n) is 5.55. The highest BCUT2D eigenvalue weighted by atomic mass is 16.5. The Balaban J connectivity index is 1.48. The minimum atomic E-state index is 0.416. The van der Waals surface area contributed by atoms with Crippen LogP contribution in [0.1, 0.15) is 42.3 Å². The quantitative estimate of drug-likeness (QED) is 0.333. The number of aryl methyl sites for hydroxylation is 2. The van der Waals surface area contributed by atoms with Gasteiger partial charge in [-0.15, -0.1) is 0 Å². The molecule has 4 heteroatoms. The summed E-state index contributed by atoms with van der Waals surface area (Å²) in [5.74, 6) is 3.20. The van der Waals surface area contributed by atoms with Crippen LogP contribution in [0.3, 0.4) is 0 Å². The number of para-hydroxylation sites is 2. The van der Waals surface area contributed by atoms with E-state index in [2.05, 4.69) is 62.6 Å². The van der Waals surface area contributed by atoms with E-state index in [1.807, 2.05) is 36.4 Å². The minimum Gasteiger partial charge on any atom is -0.491 e. The minimum absolute atomic E-state index is 0.416. The molecule has 4 nitrogen and oxygen atoms in total. The van der Waals surface area contributed by atoms with Gasteiger partial charge in [-0.1, -0.05) is 55.8 Å². The number of rotatable bonds is 8. The molecule has 0 spiro atoms. The second kappa shape index (κ2) is 9.25. The standard InChI is InChI=1S/C27H30N2O2/c1-19(2)22-10-12-23(13-11-22)31-18-27-28-24-7-5-6-8-25(24)29(27)15-16-30-26-14-9-20(3)17-21(26)4/h5-14,17,19H,15-16,18H2,1-4H3. The van der Waals surface area contributed by atoms with Crippen LogP contribution in [0.2, 0.25) is 0 Å². The maximum Gasteiger partial charge on any atom is 0.148 e. The lowest BCUT2D eigenvalue weighted by Gasteiger charge is -2.13. The Morgan fingerprint density at radius 3 is 2.42 bits per heavy atom. The van der Waals surface area contributed by atoms with Gasteiger partial charge in [0, 0.05) is 0 Å². The van der Waals surface area contributed by atoms with Crippen LogP contribution < -0.4 is 9.47 Å². The molecule has 0 unspecified atom stereocenters. The second-order valence-corrected chi connectivity index (χ2v) is 8.30. The SMILES string of the molecule is Cc1ccc(OCCn2c(COc3ccc(C(C)C)cc3)nc3ccccc32)c(C)c1. The van der Waals surface area contributed by atoms with Crippen LogP contribution in [-0.2, 0) is 13.2 Å². The fourth-order valence-corrected chi connectivity index (χ4v) is 3.79. The normalized spacial score (nSPS) is 11.3. The van der Waals surface area contributed by atoms with E-state index in [1.165, 1.54) is 11.1 Å². The van der Waals surface area contributed by atoms with E-state index >= 15 is 0 Å². The Bertz CT molecular complexity index is 1160. The highest BCUT2D eigenvalue weighted by Crippen LogP contribution is 2.22. The molecule has 0 fully saturated rings. The molecule has 4 rings (SSSR count). The second-order valence-electron chi connectivity index (χ2n) is 8.30. The first-order valence-electron chi connectivity index (χ1n) is 10.9. The van der Waals surface area contributed by atoms with Crippen molar-refractivity contribution in [1.29, 1.82) is 0 Å². The Morgan fingerprint density at radius 2 is 1.68 bits per heavy atom. The number of hydrogen-bond donors (Lipinski definition) is 0. The molecule has 0 saturated heterocycles. The zero-order valence-electron chi connectivity index (χ0n) is 18.8. The molecule has 0 aliphatic carbocycles. The first kappa shape index (κ1) is 21.0. The molecular weight excluding hydrogens is 384 g/mol. The van der Waals surface area contributed by atoms with Gasteiger partial charge in [0.2, 0.25) is 0 Å². The lowest BCUT2D eigenvalue weighted by molar-refractivity contribution is 0.271. The van der Waals surface area contributed by atoms with Crippen molar-refractivity contribution in [3.05, 3.63) is 89.2 Å². The van der Waals surface area contributed by atoms with Crippen LogP contribution in [-0.4, -0.2) is 16.2 Å². The molecule has 1 heterocycles. The summed E-state index contributed by atoms with van der Waals surface area (Å²) in [6.07, 6.45) is 0. The number of benzene rings is 3. The summed E-state index contributed by atoms with van der Waals surface area (Å²) in [5.41, 5.74) is 5.78. The van der Waals surface area contributed by atoms with Crippen LogP contribution in [0.15, 0.2) is 66.7 Å². The number of hydrogen-bond acceptors (Lipinski definition) is 3. The summed E-state index contributed by atoms with van der Waals surface area (Å²) in [4.78, 5) is 4.81. The van der Waals surface area contributed by atoms with Gasteiger partial charge in [0.05, 0.1) is 17.6 Å². The lowest BCUT2D eigenvalue weighted by Crippen LogP contribution is -2.13. The fraction of sp³-hybridized carbons (Fsp3) is 0.296. The summed E-state index contributed by atoms with van der Waals surface area (Å²) < 4.78 is 14.3. The molecule has 31 heavy (non-hydrogen) atoms. The van der Waals surface area contributed by atoms with E-state index in [-0.39, 0.29) is 0 Å². The molecular formula is C27H30N2O2. The van der Waals surface area contributed by atoms with Crippen molar-refractivity contribution < 1.29 is 9.47 Å². The third kappa shape index (κ3) is 4.91. The monoisotopic (exact) mass is 414 g/mol. The maximum absolute atomic E-state index is 6.08. The number of fused-ring (bicyclic) bond motifs is 1. The lowest BCUT2D eigenvalue weighted by atomic mass is 10.0. The Morgan fingerprint density at radius 1 is 0.903 bits per heavy atom. The van der Waals surface area contributed by atoms with Gasteiger partial charge >= 0.3 is 0 Å². The Labute approximate surface area is 184 Å². The van der Waals surface area contributed by atoms with E-state index in [0.717, 1.165) is 33.9 Å². The molecule has 0 N–H and O–H groups in total. The average molecular weight is 415 g/mol. The zero-order chi connectivity index (χ0) is 21.8. The van der Waals surface area contributed by atoms with Gasteiger partial charge in [-0.3, -0.25) is 0 Å². The van der Waals surface area contributed by atoms with Crippen LogP contribution in [0.25, 0.3) is 11.0 Å². The van der Waals surface area contributed by atoms with E-state index in [1.54, 1.807) is 0 Å². The van der Waals surface area contributed by atoms with Crippen molar-refractivity contribution in [3.63, 3.8) is 0 Å². The van der Waals surface area contributed by atoms with Crippen molar-refractivity contribution in [3.8, 4) is 11.5 Å². The van der Waals surface area contributed by atoms with Gasteiger partial charge in [0.25, 0.3) is 0 Å². The summed E-state index contributed by atoms with van der Waals surface area (Å²) in [5, 5.41) is 0. The van der Waals surface area contributed by atoms with Crippen molar-refractivity contribution in [2.75, 3.05) is 6.61 Å². The van der Waals surface area contributed by atoms with Crippen LogP contribution in [0, 0.1) is 13.8 Å². The largest absolute Gasteiger partial charge is 0.491 e. The van der Waals surface area contributed by atoms with Gasteiger partial charge in [0.1, 0.15) is 30.5 Å². The van der Waals surface area contributed by atoms with Crippen LogP contribution in [0.4, 0.5) is 0 Å². The van der Waals surface area contributed by atoms with Gasteiger partial charge in [-0.2, -0.15) is 0 Å². The third-order valence-corrected chi connectivity index (χ3v) is 5.55. The number of nitrogens with zero attached hydrogens (tertiary/aromatic N) is 2. The molecule has 0 aliphatic heterocycles. The summed E-state index contributed by atoms with van der Waals surface area (Å²) in [6, 6.07) is 22.8. The number of aromatic nitrogens is 2. The molecule has 3 aromatic carbocycles. The molecule has 1 aromatic heterocycles. The van der Waals surface area contributed by atoms with E-state index in [9.17, 15) is 0 Å². The first-order valence-corrected chi connectivity index (χ1v) is 10.9. The van der Waals surface area contributed by atoms with Crippen LogP contribution >= 0.6 is 0 Å². The van der Waals surface area contributed by atoms with E-state index in [0.29, 0.717) is 25.7 Å². The van der Waals surface area contributed by atoms with Gasteiger partial charge in [-0.25, -0.2) is 4.98 Å². The summed E-state index contributed by atoms with van der Waals surface area (Å²) in [6.45, 7) is 10.3. The summed E-state index contributed by atoms with van der Waals surface area (Å²) in [7, 11) is 0. The van der Waals surface area contributed by atoms with Gasteiger partial charge < -0.3 is 14.0 Å². The smallest absolute Gasteiger partial charge is 0.148 e. The van der Waals surface area contributed by atoms with Crippen molar-refractivity contribution in [2.24, 2.45) is 0 Å². The number of ether oxygens (including phenoxy) is 2. The van der Waals surface area contributed by atoms with Crippen molar-refractivity contribution >= 4 is 11.0 Å². The Hall–Kier alpha value is -3.27. The predicted molar refractivity (Wildman–Crippen MR) is 126 cm³/mol. The molecule has 160 valence electrons. The molecule has 4 aromatic rings. The van der Waals surface area contributed by atoms with E-state index in [4.69, 9.17) is 14.5 Å². The predicted octanol–water partition coefficient (Wildman–Crippen LogP) is 6.43. The summed E-state index contributed by atoms with van der Waals surface area (Å²) >= 11 is 0. The van der Waals surface area contributed by atoms with Crippen molar-refractivity contribution in [2.45, 2.75) is 46.8 Å².